The highest BCUT2D eigenvalue weighted by atomic mass is 35.5. The third-order valence-corrected chi connectivity index (χ3v) is 3.58. The Bertz CT molecular complexity index is 545. The molecule has 0 aliphatic carbocycles. The van der Waals surface area contributed by atoms with Crippen molar-refractivity contribution in [1.82, 2.24) is 15.1 Å². The lowest BCUT2D eigenvalue weighted by Gasteiger charge is -2.18. The van der Waals surface area contributed by atoms with Crippen molar-refractivity contribution in [2.45, 2.75) is 25.6 Å². The zero-order valence-electron chi connectivity index (χ0n) is 11.1. The van der Waals surface area contributed by atoms with Crippen LogP contribution < -0.4 is 5.32 Å². The van der Waals surface area contributed by atoms with Crippen molar-refractivity contribution in [3.05, 3.63) is 52.3 Å². The van der Waals surface area contributed by atoms with Crippen molar-refractivity contribution in [2.75, 3.05) is 6.54 Å². The summed E-state index contributed by atoms with van der Waals surface area (Å²) in [6, 6.07) is 7.15. The van der Waals surface area contributed by atoms with Crippen LogP contribution in [0.2, 0.25) is 10.0 Å². The number of hydrogen-bond donors (Lipinski definition) is 2. The van der Waals surface area contributed by atoms with E-state index in [1.54, 1.807) is 24.4 Å². The smallest absolute Gasteiger partial charge is 0.0929 e. The molecule has 1 heterocycles. The van der Waals surface area contributed by atoms with Gasteiger partial charge in [0.05, 0.1) is 12.6 Å². The van der Waals surface area contributed by atoms with Gasteiger partial charge in [-0.05, 0) is 31.2 Å². The molecule has 0 fully saturated rings. The van der Waals surface area contributed by atoms with Crippen LogP contribution in [0, 0.1) is 0 Å². The van der Waals surface area contributed by atoms with Gasteiger partial charge >= 0.3 is 0 Å². The summed E-state index contributed by atoms with van der Waals surface area (Å²) in [7, 11) is 0. The number of halogens is 2. The minimum absolute atomic E-state index is 0.183. The van der Waals surface area contributed by atoms with Crippen molar-refractivity contribution >= 4 is 23.2 Å². The molecule has 0 unspecified atom stereocenters. The van der Waals surface area contributed by atoms with Gasteiger partial charge in [-0.25, -0.2) is 0 Å². The summed E-state index contributed by atoms with van der Waals surface area (Å²) in [6.07, 6.45) is 2.96. The fourth-order valence-electron chi connectivity index (χ4n) is 1.95. The Hall–Kier alpha value is -1.07. The zero-order chi connectivity index (χ0) is 14.5. The lowest BCUT2D eigenvalue weighted by atomic mass is 10.1. The summed E-state index contributed by atoms with van der Waals surface area (Å²) < 4.78 is 1.84. The molecule has 0 aliphatic rings. The average Bonchev–Trinajstić information content (AvgIpc) is 2.91. The van der Waals surface area contributed by atoms with Gasteiger partial charge in [0.25, 0.3) is 0 Å². The standard InChI is InChI=1S/C14H17Cl2N3O/c1-10(9-19-6-2-5-18-19)17-8-14(20)12-7-11(15)3-4-13(12)16/h2-7,10,14,17,20H,8-9H2,1H3/t10-,14-/m1/s1. The van der Waals surface area contributed by atoms with Crippen molar-refractivity contribution in [2.24, 2.45) is 0 Å². The Balaban J connectivity index is 1.88. The van der Waals surface area contributed by atoms with Gasteiger partial charge in [-0.15, -0.1) is 0 Å². The van der Waals surface area contributed by atoms with Gasteiger partial charge in [-0.2, -0.15) is 5.10 Å². The van der Waals surface area contributed by atoms with E-state index in [0.29, 0.717) is 22.2 Å². The second kappa shape index (κ2) is 7.09. The lowest BCUT2D eigenvalue weighted by molar-refractivity contribution is 0.169. The third-order valence-electron chi connectivity index (χ3n) is 3.00. The predicted molar refractivity (Wildman–Crippen MR) is 81.1 cm³/mol. The van der Waals surface area contributed by atoms with Crippen LogP contribution in [0.1, 0.15) is 18.6 Å². The monoisotopic (exact) mass is 313 g/mol. The number of aliphatic hydroxyl groups excluding tert-OH is 1. The van der Waals surface area contributed by atoms with Crippen LogP contribution in [0.5, 0.6) is 0 Å². The summed E-state index contributed by atoms with van der Waals surface area (Å²) in [6.45, 7) is 3.18. The molecule has 6 heteroatoms. The van der Waals surface area contributed by atoms with Gasteiger partial charge in [0.2, 0.25) is 0 Å². The van der Waals surface area contributed by atoms with Gasteiger partial charge in [-0.1, -0.05) is 23.2 Å². The molecule has 4 nitrogen and oxygen atoms in total. The van der Waals surface area contributed by atoms with Crippen LogP contribution >= 0.6 is 23.2 Å². The molecule has 1 aromatic carbocycles. The lowest BCUT2D eigenvalue weighted by Crippen LogP contribution is -2.34. The van der Waals surface area contributed by atoms with Gasteiger partial charge in [-0.3, -0.25) is 4.68 Å². The molecule has 2 N–H and O–H groups in total. The molecular formula is C14H17Cl2N3O. The fourth-order valence-corrected chi connectivity index (χ4v) is 2.37. The molecule has 2 atom stereocenters. The number of aliphatic hydroxyl groups is 1. The van der Waals surface area contributed by atoms with Crippen LogP contribution in [-0.2, 0) is 6.54 Å². The zero-order valence-corrected chi connectivity index (χ0v) is 12.6. The minimum Gasteiger partial charge on any atom is -0.387 e. The normalized spacial score (nSPS) is 14.2. The van der Waals surface area contributed by atoms with Crippen molar-refractivity contribution < 1.29 is 5.11 Å². The van der Waals surface area contributed by atoms with E-state index in [1.807, 2.05) is 23.9 Å². The quantitative estimate of drug-likeness (QED) is 0.862. The maximum Gasteiger partial charge on any atom is 0.0929 e. The summed E-state index contributed by atoms with van der Waals surface area (Å²) in [5.74, 6) is 0. The number of benzene rings is 1. The molecule has 0 saturated heterocycles. The molecule has 0 bridgehead atoms. The van der Waals surface area contributed by atoms with Gasteiger partial charge in [0.15, 0.2) is 0 Å². The molecule has 0 radical (unpaired) electrons. The number of hydrogen-bond acceptors (Lipinski definition) is 3. The molecule has 2 rings (SSSR count). The van der Waals surface area contributed by atoms with Crippen molar-refractivity contribution in [3.8, 4) is 0 Å². The molecule has 0 aliphatic heterocycles. The molecular weight excluding hydrogens is 297 g/mol. The molecule has 20 heavy (non-hydrogen) atoms. The summed E-state index contributed by atoms with van der Waals surface area (Å²) in [5, 5.41) is 18.6. The SMILES string of the molecule is C[C@H](Cn1cccn1)NC[C@@H](O)c1cc(Cl)ccc1Cl. The average molecular weight is 314 g/mol. The Morgan fingerprint density at radius 2 is 2.20 bits per heavy atom. The first kappa shape index (κ1) is 15.3. The highest BCUT2D eigenvalue weighted by Crippen LogP contribution is 2.26. The summed E-state index contributed by atoms with van der Waals surface area (Å²) in [4.78, 5) is 0. The largest absolute Gasteiger partial charge is 0.387 e. The first-order valence-electron chi connectivity index (χ1n) is 6.40. The van der Waals surface area contributed by atoms with E-state index in [4.69, 9.17) is 23.2 Å². The van der Waals surface area contributed by atoms with Crippen LogP contribution in [0.25, 0.3) is 0 Å². The van der Waals surface area contributed by atoms with E-state index >= 15 is 0 Å². The number of nitrogens with one attached hydrogen (secondary N) is 1. The number of aromatic nitrogens is 2. The van der Waals surface area contributed by atoms with Crippen LogP contribution in [0.4, 0.5) is 0 Å². The Labute approximate surface area is 128 Å². The maximum atomic E-state index is 10.2. The first-order chi connectivity index (χ1) is 9.56. The van der Waals surface area contributed by atoms with Gasteiger partial charge in [0.1, 0.15) is 0 Å². The highest BCUT2D eigenvalue weighted by Gasteiger charge is 2.13. The third kappa shape index (κ3) is 4.21. The van der Waals surface area contributed by atoms with E-state index < -0.39 is 6.10 Å². The molecule has 0 spiro atoms. The number of nitrogens with zero attached hydrogens (tertiary/aromatic N) is 2. The molecule has 0 saturated carbocycles. The molecule has 2 aromatic rings. The topological polar surface area (TPSA) is 50.1 Å². The highest BCUT2D eigenvalue weighted by molar-refractivity contribution is 6.33. The summed E-state index contributed by atoms with van der Waals surface area (Å²) >= 11 is 12.0. The Morgan fingerprint density at radius 1 is 1.40 bits per heavy atom. The fraction of sp³-hybridized carbons (Fsp3) is 0.357. The van der Waals surface area contributed by atoms with Crippen LogP contribution in [0.3, 0.4) is 0 Å². The van der Waals surface area contributed by atoms with Gasteiger partial charge in [0, 0.05) is 40.6 Å². The van der Waals surface area contributed by atoms with E-state index in [0.717, 1.165) is 6.54 Å². The second-order valence-electron chi connectivity index (χ2n) is 4.72. The second-order valence-corrected chi connectivity index (χ2v) is 5.56. The summed E-state index contributed by atoms with van der Waals surface area (Å²) in [5.41, 5.74) is 0.637. The van der Waals surface area contributed by atoms with Crippen molar-refractivity contribution in [1.29, 1.82) is 0 Å². The van der Waals surface area contributed by atoms with E-state index in [2.05, 4.69) is 10.4 Å². The predicted octanol–water partition coefficient (Wildman–Crippen LogP) is 2.90. The molecule has 1 aromatic heterocycles. The first-order valence-corrected chi connectivity index (χ1v) is 7.15. The van der Waals surface area contributed by atoms with Crippen LogP contribution in [-0.4, -0.2) is 27.5 Å². The Morgan fingerprint density at radius 3 is 2.90 bits per heavy atom. The maximum absolute atomic E-state index is 10.2. The minimum atomic E-state index is -0.693. The van der Waals surface area contributed by atoms with E-state index in [9.17, 15) is 5.11 Å². The van der Waals surface area contributed by atoms with E-state index in [-0.39, 0.29) is 6.04 Å². The van der Waals surface area contributed by atoms with Crippen LogP contribution in [0.15, 0.2) is 36.7 Å². The van der Waals surface area contributed by atoms with Gasteiger partial charge < -0.3 is 10.4 Å². The van der Waals surface area contributed by atoms with Crippen molar-refractivity contribution in [3.63, 3.8) is 0 Å². The Kier molecular flexibility index (Phi) is 5.43. The molecule has 108 valence electrons. The molecule has 0 amide bonds. The van der Waals surface area contributed by atoms with E-state index in [1.165, 1.54) is 0 Å². The number of rotatable bonds is 6.